The number of aromatic amines is 1. The maximum Gasteiger partial charge on any atom is 0.150 e. The zero-order valence-electron chi connectivity index (χ0n) is 11.7. The monoisotopic (exact) mass is 304 g/mol. The van der Waals surface area contributed by atoms with Gasteiger partial charge in [0.2, 0.25) is 0 Å². The minimum absolute atomic E-state index is 0.194. The van der Waals surface area contributed by atoms with Crippen molar-refractivity contribution in [2.45, 2.75) is 25.8 Å². The Balaban J connectivity index is 1.91. The van der Waals surface area contributed by atoms with Crippen molar-refractivity contribution in [3.8, 4) is 0 Å². The molecule has 0 radical (unpaired) electrons. The highest BCUT2D eigenvalue weighted by Gasteiger charge is 2.27. The maximum atomic E-state index is 11.6. The maximum absolute atomic E-state index is 11.6. The second-order valence-corrected chi connectivity index (χ2v) is 7.95. The zero-order valence-corrected chi connectivity index (χ0v) is 12.5. The first kappa shape index (κ1) is 12.8. The SMILES string of the molecule is Cc1nc2cnc3[nH]ccc3c2n1C1CCS(=O)(=O)CC1. The van der Waals surface area contributed by atoms with Crippen LogP contribution in [0.3, 0.4) is 0 Å². The number of aromatic nitrogens is 4. The van der Waals surface area contributed by atoms with E-state index in [1.807, 2.05) is 19.2 Å². The minimum atomic E-state index is -2.86. The van der Waals surface area contributed by atoms with Gasteiger partial charge in [-0.05, 0) is 25.8 Å². The van der Waals surface area contributed by atoms with Crippen molar-refractivity contribution >= 4 is 31.9 Å². The Morgan fingerprint density at radius 3 is 2.86 bits per heavy atom. The molecule has 21 heavy (non-hydrogen) atoms. The van der Waals surface area contributed by atoms with Gasteiger partial charge < -0.3 is 9.55 Å². The number of pyridine rings is 1. The molecule has 1 fully saturated rings. The van der Waals surface area contributed by atoms with Gasteiger partial charge in [0.15, 0.2) is 0 Å². The largest absolute Gasteiger partial charge is 0.346 e. The second kappa shape index (κ2) is 4.30. The van der Waals surface area contributed by atoms with E-state index in [1.165, 1.54) is 0 Å². The van der Waals surface area contributed by atoms with Crippen molar-refractivity contribution in [2.75, 3.05) is 11.5 Å². The average Bonchev–Trinajstić information content (AvgIpc) is 3.02. The fourth-order valence-corrected chi connectivity index (χ4v) is 4.76. The number of fused-ring (bicyclic) bond motifs is 3. The quantitative estimate of drug-likeness (QED) is 0.745. The third kappa shape index (κ3) is 1.95. The first-order chi connectivity index (χ1) is 10.1. The van der Waals surface area contributed by atoms with Gasteiger partial charge >= 0.3 is 0 Å². The lowest BCUT2D eigenvalue weighted by molar-refractivity contribution is 0.452. The molecule has 1 aliphatic heterocycles. The molecule has 3 aromatic heterocycles. The van der Waals surface area contributed by atoms with Crippen LogP contribution in [0.15, 0.2) is 18.5 Å². The van der Waals surface area contributed by atoms with Crippen molar-refractivity contribution in [3.63, 3.8) is 0 Å². The molecule has 6 nitrogen and oxygen atoms in total. The lowest BCUT2D eigenvalue weighted by Crippen LogP contribution is -2.26. The summed E-state index contributed by atoms with van der Waals surface area (Å²) < 4.78 is 25.5. The molecule has 110 valence electrons. The third-order valence-corrected chi connectivity index (χ3v) is 6.02. The van der Waals surface area contributed by atoms with Gasteiger partial charge in [-0.1, -0.05) is 0 Å². The molecule has 4 heterocycles. The van der Waals surface area contributed by atoms with E-state index in [2.05, 4.69) is 19.5 Å². The normalized spacial score (nSPS) is 19.5. The summed E-state index contributed by atoms with van der Waals surface area (Å²) in [6.07, 6.45) is 4.96. The van der Waals surface area contributed by atoms with Crippen molar-refractivity contribution in [1.29, 1.82) is 0 Å². The highest BCUT2D eigenvalue weighted by atomic mass is 32.2. The van der Waals surface area contributed by atoms with Gasteiger partial charge in [0.1, 0.15) is 26.8 Å². The summed E-state index contributed by atoms with van der Waals surface area (Å²) in [7, 11) is -2.86. The first-order valence-corrected chi connectivity index (χ1v) is 8.88. The van der Waals surface area contributed by atoms with Gasteiger partial charge in [-0.2, -0.15) is 0 Å². The van der Waals surface area contributed by atoms with Crippen LogP contribution < -0.4 is 0 Å². The molecule has 1 N–H and O–H groups in total. The highest BCUT2D eigenvalue weighted by Crippen LogP contribution is 2.32. The van der Waals surface area contributed by atoms with E-state index in [9.17, 15) is 8.42 Å². The molecular formula is C14H16N4O2S. The number of aryl methyl sites for hydroxylation is 1. The fourth-order valence-electron chi connectivity index (χ4n) is 3.29. The van der Waals surface area contributed by atoms with E-state index >= 15 is 0 Å². The predicted molar refractivity (Wildman–Crippen MR) is 81.0 cm³/mol. The third-order valence-electron chi connectivity index (χ3n) is 4.30. The molecule has 0 unspecified atom stereocenters. The lowest BCUT2D eigenvalue weighted by Gasteiger charge is -2.25. The summed E-state index contributed by atoms with van der Waals surface area (Å²) in [6.45, 7) is 1.97. The molecular weight excluding hydrogens is 288 g/mol. The van der Waals surface area contributed by atoms with Crippen LogP contribution in [0.5, 0.6) is 0 Å². The number of hydrogen-bond donors (Lipinski definition) is 1. The molecule has 0 aliphatic carbocycles. The van der Waals surface area contributed by atoms with E-state index in [4.69, 9.17) is 0 Å². The Bertz CT molecular complexity index is 925. The molecule has 0 bridgehead atoms. The first-order valence-electron chi connectivity index (χ1n) is 7.06. The number of sulfone groups is 1. The van der Waals surface area contributed by atoms with E-state index in [0.717, 1.165) is 27.9 Å². The number of hydrogen-bond acceptors (Lipinski definition) is 4. The van der Waals surface area contributed by atoms with Crippen LogP contribution in [-0.4, -0.2) is 39.4 Å². The Kier molecular flexibility index (Phi) is 2.63. The van der Waals surface area contributed by atoms with Gasteiger partial charge in [0, 0.05) is 17.6 Å². The molecule has 4 rings (SSSR count). The number of nitrogens with one attached hydrogen (secondary N) is 1. The molecule has 0 saturated carbocycles. The van der Waals surface area contributed by atoms with Crippen LogP contribution >= 0.6 is 0 Å². The molecule has 3 aromatic rings. The summed E-state index contributed by atoms with van der Waals surface area (Å²) in [4.78, 5) is 12.1. The van der Waals surface area contributed by atoms with Crippen LogP contribution in [0.25, 0.3) is 22.1 Å². The van der Waals surface area contributed by atoms with Gasteiger partial charge in [0.05, 0.1) is 23.2 Å². The number of imidazole rings is 1. The molecule has 1 saturated heterocycles. The van der Waals surface area contributed by atoms with E-state index in [-0.39, 0.29) is 17.5 Å². The zero-order chi connectivity index (χ0) is 14.6. The van der Waals surface area contributed by atoms with Crippen molar-refractivity contribution in [1.82, 2.24) is 19.5 Å². The van der Waals surface area contributed by atoms with Crippen molar-refractivity contribution in [3.05, 3.63) is 24.3 Å². The molecule has 0 atom stereocenters. The summed E-state index contributed by atoms with van der Waals surface area (Å²) in [5, 5.41) is 1.04. The average molecular weight is 304 g/mol. The predicted octanol–water partition coefficient (Wildman–Crippen LogP) is 1.97. The molecule has 1 aliphatic rings. The van der Waals surface area contributed by atoms with E-state index < -0.39 is 9.84 Å². The summed E-state index contributed by atoms with van der Waals surface area (Å²) in [5.41, 5.74) is 2.77. The Hall–Kier alpha value is -1.89. The molecule has 7 heteroatoms. The van der Waals surface area contributed by atoms with Gasteiger partial charge in [-0.15, -0.1) is 0 Å². The van der Waals surface area contributed by atoms with E-state index in [0.29, 0.717) is 12.8 Å². The lowest BCUT2D eigenvalue weighted by atomic mass is 10.1. The summed E-state index contributed by atoms with van der Waals surface area (Å²) in [5.74, 6) is 1.45. The van der Waals surface area contributed by atoms with Gasteiger partial charge in [-0.25, -0.2) is 18.4 Å². The summed E-state index contributed by atoms with van der Waals surface area (Å²) in [6, 6.07) is 2.20. The topological polar surface area (TPSA) is 80.6 Å². The van der Waals surface area contributed by atoms with Crippen LogP contribution in [0.1, 0.15) is 24.7 Å². The van der Waals surface area contributed by atoms with Crippen LogP contribution in [0, 0.1) is 6.92 Å². The highest BCUT2D eigenvalue weighted by molar-refractivity contribution is 7.91. The van der Waals surface area contributed by atoms with Crippen molar-refractivity contribution < 1.29 is 8.42 Å². The molecule has 0 aromatic carbocycles. The standard InChI is InChI=1S/C14H16N4O2S/c1-9-17-12-8-16-14-11(2-5-15-14)13(12)18(9)10-3-6-21(19,20)7-4-10/h2,5,8,10H,3-4,6-7H2,1H3,(H,15,16). The Labute approximate surface area is 122 Å². The number of nitrogens with zero attached hydrogens (tertiary/aromatic N) is 3. The molecule has 0 spiro atoms. The Morgan fingerprint density at radius 2 is 2.10 bits per heavy atom. The second-order valence-electron chi connectivity index (χ2n) is 5.64. The number of H-pyrrole nitrogens is 1. The number of rotatable bonds is 1. The van der Waals surface area contributed by atoms with Crippen LogP contribution in [0.4, 0.5) is 0 Å². The smallest absolute Gasteiger partial charge is 0.150 e. The fraction of sp³-hybridized carbons (Fsp3) is 0.429. The van der Waals surface area contributed by atoms with Crippen LogP contribution in [0.2, 0.25) is 0 Å². The van der Waals surface area contributed by atoms with Crippen LogP contribution in [-0.2, 0) is 9.84 Å². The Morgan fingerprint density at radius 1 is 1.33 bits per heavy atom. The van der Waals surface area contributed by atoms with E-state index in [1.54, 1.807) is 6.20 Å². The van der Waals surface area contributed by atoms with Gasteiger partial charge in [-0.3, -0.25) is 0 Å². The van der Waals surface area contributed by atoms with Crippen molar-refractivity contribution in [2.24, 2.45) is 0 Å². The summed E-state index contributed by atoms with van der Waals surface area (Å²) >= 11 is 0. The van der Waals surface area contributed by atoms with Gasteiger partial charge in [0.25, 0.3) is 0 Å². The molecule has 0 amide bonds. The minimum Gasteiger partial charge on any atom is -0.346 e.